The Labute approximate surface area is 142 Å². The zero-order valence-corrected chi connectivity index (χ0v) is 14.4. The monoisotopic (exact) mass is 328 g/mol. The van der Waals surface area contributed by atoms with Gasteiger partial charge in [-0.05, 0) is 56.2 Å². The molecule has 0 saturated carbocycles. The summed E-state index contributed by atoms with van der Waals surface area (Å²) in [6.45, 7) is 5.78. The van der Waals surface area contributed by atoms with E-state index in [1.165, 1.54) is 5.56 Å². The van der Waals surface area contributed by atoms with E-state index in [1.54, 1.807) is 6.92 Å². The molecule has 1 heterocycles. The van der Waals surface area contributed by atoms with Gasteiger partial charge in [0.1, 0.15) is 0 Å². The first kappa shape index (κ1) is 15.9. The molecular formula is C19H21ClN2O. The third kappa shape index (κ3) is 3.20. The van der Waals surface area contributed by atoms with E-state index in [4.69, 9.17) is 11.6 Å². The van der Waals surface area contributed by atoms with Crippen LogP contribution in [0, 0.1) is 6.92 Å². The molecule has 3 nitrogen and oxygen atoms in total. The van der Waals surface area contributed by atoms with Gasteiger partial charge >= 0.3 is 0 Å². The Morgan fingerprint density at radius 1 is 1.22 bits per heavy atom. The second-order valence-electron chi connectivity index (χ2n) is 6.24. The molecule has 0 aliphatic carbocycles. The maximum absolute atomic E-state index is 12.0. The largest absolute Gasteiger partial charge is 0.378 e. The summed E-state index contributed by atoms with van der Waals surface area (Å²) in [5.74, 6) is 0.0647. The predicted octanol–water partition coefficient (Wildman–Crippen LogP) is 4.95. The van der Waals surface area contributed by atoms with Crippen molar-refractivity contribution < 1.29 is 4.79 Å². The van der Waals surface area contributed by atoms with Gasteiger partial charge < -0.3 is 10.2 Å². The van der Waals surface area contributed by atoms with Gasteiger partial charge in [-0.1, -0.05) is 29.3 Å². The quantitative estimate of drug-likeness (QED) is 0.846. The number of carbonyl (C=O) groups is 1. The lowest BCUT2D eigenvalue weighted by Crippen LogP contribution is -2.43. The highest BCUT2D eigenvalue weighted by Gasteiger charge is 2.32. The van der Waals surface area contributed by atoms with Crippen LogP contribution in [0.4, 0.5) is 11.4 Å². The van der Waals surface area contributed by atoms with E-state index in [9.17, 15) is 4.79 Å². The highest BCUT2D eigenvalue weighted by Crippen LogP contribution is 2.40. The standard InChI is InChI=1S/C19H21ClN2O/c1-12-4-7-16(8-5-12)21-18-10-13(2)22(14(3)23)19-9-6-15(20)11-17(18)19/h4-9,11,13,18,21H,10H2,1-3H3/t13-,18+/m1/s1. The Hall–Kier alpha value is -2.00. The highest BCUT2D eigenvalue weighted by molar-refractivity contribution is 6.30. The lowest BCUT2D eigenvalue weighted by atomic mass is 9.91. The smallest absolute Gasteiger partial charge is 0.224 e. The number of nitrogens with one attached hydrogen (secondary N) is 1. The Kier molecular flexibility index (Phi) is 4.31. The van der Waals surface area contributed by atoms with Gasteiger partial charge in [0.15, 0.2) is 0 Å². The van der Waals surface area contributed by atoms with Crippen LogP contribution < -0.4 is 10.2 Å². The molecule has 1 aliphatic heterocycles. The van der Waals surface area contributed by atoms with Crippen LogP contribution in [0.15, 0.2) is 42.5 Å². The van der Waals surface area contributed by atoms with E-state index in [-0.39, 0.29) is 18.0 Å². The molecule has 0 unspecified atom stereocenters. The summed E-state index contributed by atoms with van der Waals surface area (Å²) in [6.07, 6.45) is 0.848. The van der Waals surface area contributed by atoms with Crippen LogP contribution in [0.3, 0.4) is 0 Å². The zero-order chi connectivity index (χ0) is 16.6. The second kappa shape index (κ2) is 6.25. The minimum absolute atomic E-state index is 0.0647. The molecule has 2 atom stereocenters. The van der Waals surface area contributed by atoms with Crippen LogP contribution in [-0.4, -0.2) is 11.9 Å². The van der Waals surface area contributed by atoms with Gasteiger partial charge in [0.25, 0.3) is 0 Å². The van der Waals surface area contributed by atoms with Crippen molar-refractivity contribution in [3.8, 4) is 0 Å². The molecule has 23 heavy (non-hydrogen) atoms. The number of halogens is 1. The van der Waals surface area contributed by atoms with Crippen LogP contribution in [0.1, 0.15) is 37.4 Å². The Balaban J connectivity index is 1.98. The van der Waals surface area contributed by atoms with E-state index in [2.05, 4.69) is 43.4 Å². The number of hydrogen-bond acceptors (Lipinski definition) is 2. The first-order chi connectivity index (χ1) is 11.0. The first-order valence-corrected chi connectivity index (χ1v) is 8.26. The van der Waals surface area contributed by atoms with Crippen molar-refractivity contribution in [2.75, 3.05) is 10.2 Å². The number of benzene rings is 2. The van der Waals surface area contributed by atoms with E-state index >= 15 is 0 Å². The minimum Gasteiger partial charge on any atom is -0.378 e. The molecular weight excluding hydrogens is 308 g/mol. The lowest BCUT2D eigenvalue weighted by molar-refractivity contribution is -0.117. The van der Waals surface area contributed by atoms with Crippen molar-refractivity contribution in [3.63, 3.8) is 0 Å². The van der Waals surface area contributed by atoms with Crippen molar-refractivity contribution >= 4 is 28.9 Å². The van der Waals surface area contributed by atoms with Crippen molar-refractivity contribution in [3.05, 3.63) is 58.6 Å². The summed E-state index contributed by atoms with van der Waals surface area (Å²) in [7, 11) is 0. The van der Waals surface area contributed by atoms with E-state index in [0.29, 0.717) is 5.02 Å². The van der Waals surface area contributed by atoms with Crippen molar-refractivity contribution in [2.24, 2.45) is 0 Å². The van der Waals surface area contributed by atoms with Crippen LogP contribution in [0.5, 0.6) is 0 Å². The van der Waals surface area contributed by atoms with Crippen LogP contribution in [-0.2, 0) is 4.79 Å². The first-order valence-electron chi connectivity index (χ1n) is 7.88. The number of fused-ring (bicyclic) bond motifs is 1. The molecule has 0 radical (unpaired) electrons. The summed E-state index contributed by atoms with van der Waals surface area (Å²) in [5.41, 5.74) is 4.34. The average Bonchev–Trinajstić information content (AvgIpc) is 2.49. The number of rotatable bonds is 2. The Morgan fingerprint density at radius 3 is 2.57 bits per heavy atom. The van der Waals surface area contributed by atoms with Gasteiger partial charge in [-0.25, -0.2) is 0 Å². The second-order valence-corrected chi connectivity index (χ2v) is 6.68. The van der Waals surface area contributed by atoms with E-state index in [1.807, 2.05) is 23.1 Å². The number of carbonyl (C=O) groups excluding carboxylic acids is 1. The van der Waals surface area contributed by atoms with Gasteiger partial charge in [-0.2, -0.15) is 0 Å². The fourth-order valence-electron chi connectivity index (χ4n) is 3.30. The van der Waals surface area contributed by atoms with Gasteiger partial charge in [0.05, 0.1) is 6.04 Å². The highest BCUT2D eigenvalue weighted by atomic mass is 35.5. The summed E-state index contributed by atoms with van der Waals surface area (Å²) in [6, 6.07) is 14.4. The fraction of sp³-hybridized carbons (Fsp3) is 0.316. The number of anilines is 2. The van der Waals surface area contributed by atoms with Gasteiger partial charge in [0.2, 0.25) is 5.91 Å². The molecule has 0 fully saturated rings. The van der Waals surface area contributed by atoms with Crippen molar-refractivity contribution in [1.82, 2.24) is 0 Å². The maximum Gasteiger partial charge on any atom is 0.224 e. The van der Waals surface area contributed by atoms with Gasteiger partial charge in [-0.15, -0.1) is 0 Å². The molecule has 3 rings (SSSR count). The summed E-state index contributed by atoms with van der Waals surface area (Å²) < 4.78 is 0. The van der Waals surface area contributed by atoms with Crippen LogP contribution >= 0.6 is 11.6 Å². The zero-order valence-electron chi connectivity index (χ0n) is 13.6. The molecule has 0 aromatic heterocycles. The van der Waals surface area contributed by atoms with Crippen molar-refractivity contribution in [2.45, 2.75) is 39.3 Å². The topological polar surface area (TPSA) is 32.3 Å². The van der Waals surface area contributed by atoms with Crippen LogP contribution in [0.25, 0.3) is 0 Å². The summed E-state index contributed by atoms with van der Waals surface area (Å²) >= 11 is 6.20. The molecule has 0 saturated heterocycles. The fourth-order valence-corrected chi connectivity index (χ4v) is 3.48. The normalized spacial score (nSPS) is 20.1. The molecule has 4 heteroatoms. The SMILES string of the molecule is CC(=O)N1c2ccc(Cl)cc2[C@@H](Nc2ccc(C)cc2)C[C@H]1C. The third-order valence-electron chi connectivity index (χ3n) is 4.37. The van der Waals surface area contributed by atoms with Gasteiger partial charge in [-0.3, -0.25) is 4.79 Å². The molecule has 0 bridgehead atoms. The summed E-state index contributed by atoms with van der Waals surface area (Å²) in [4.78, 5) is 13.9. The predicted molar refractivity (Wildman–Crippen MR) is 96.2 cm³/mol. The molecule has 2 aromatic rings. The molecule has 2 aromatic carbocycles. The maximum atomic E-state index is 12.0. The lowest BCUT2D eigenvalue weighted by Gasteiger charge is -2.39. The number of hydrogen-bond donors (Lipinski definition) is 1. The minimum atomic E-state index is 0.0647. The third-order valence-corrected chi connectivity index (χ3v) is 4.61. The average molecular weight is 329 g/mol. The Morgan fingerprint density at radius 2 is 1.91 bits per heavy atom. The van der Waals surface area contributed by atoms with Crippen LogP contribution in [0.2, 0.25) is 5.02 Å². The van der Waals surface area contributed by atoms with Crippen molar-refractivity contribution in [1.29, 1.82) is 0 Å². The molecule has 1 aliphatic rings. The molecule has 120 valence electrons. The number of nitrogens with zero attached hydrogens (tertiary/aromatic N) is 1. The van der Waals surface area contributed by atoms with Gasteiger partial charge in [0, 0.05) is 29.4 Å². The number of aryl methyl sites for hydroxylation is 1. The molecule has 0 spiro atoms. The van der Waals surface area contributed by atoms with E-state index < -0.39 is 0 Å². The Bertz CT molecular complexity index is 727. The molecule has 1 N–H and O–H groups in total. The van der Waals surface area contributed by atoms with E-state index in [0.717, 1.165) is 23.4 Å². The molecule has 1 amide bonds. The summed E-state index contributed by atoms with van der Waals surface area (Å²) in [5, 5.41) is 4.28. The number of amides is 1.